The fraction of sp³-hybridized carbons (Fsp3) is 0.0625. The molecule has 0 saturated heterocycles. The van der Waals surface area contributed by atoms with Crippen LogP contribution in [-0.4, -0.2) is 14.1 Å². The first-order valence-corrected chi connectivity index (χ1v) is 13.3. The van der Waals surface area contributed by atoms with Crippen LogP contribution in [0.3, 0.4) is 0 Å². The maximum atomic E-state index is 13.6. The van der Waals surface area contributed by atoms with Crippen LogP contribution in [0.5, 0.6) is 0 Å². The van der Waals surface area contributed by atoms with Crippen molar-refractivity contribution in [2.24, 2.45) is 0 Å². The van der Waals surface area contributed by atoms with Gasteiger partial charge in [-0.3, -0.25) is 9.36 Å². The Hall–Kier alpha value is -3.97. The SMILES string of the molecule is O=c1c2cc(I)ccc2nc(/C=C/c2cn(Cc3ccccc3)c3ccccc23)n1Cc1ccccc1. The Labute approximate surface area is 228 Å². The van der Waals surface area contributed by atoms with E-state index >= 15 is 0 Å². The van der Waals surface area contributed by atoms with Crippen molar-refractivity contribution in [2.75, 3.05) is 0 Å². The maximum absolute atomic E-state index is 13.6. The fourth-order valence-corrected chi connectivity index (χ4v) is 5.23. The largest absolute Gasteiger partial charge is 0.342 e. The lowest BCUT2D eigenvalue weighted by Crippen LogP contribution is -2.24. The van der Waals surface area contributed by atoms with Crippen molar-refractivity contribution in [1.82, 2.24) is 14.1 Å². The molecule has 37 heavy (non-hydrogen) atoms. The molecule has 2 heterocycles. The number of nitrogens with zero attached hydrogens (tertiary/aromatic N) is 3. The van der Waals surface area contributed by atoms with Gasteiger partial charge in [0.2, 0.25) is 0 Å². The summed E-state index contributed by atoms with van der Waals surface area (Å²) in [7, 11) is 0. The van der Waals surface area contributed by atoms with Crippen molar-refractivity contribution < 1.29 is 0 Å². The number of para-hydroxylation sites is 1. The van der Waals surface area contributed by atoms with Crippen molar-refractivity contribution in [2.45, 2.75) is 13.1 Å². The lowest BCUT2D eigenvalue weighted by atomic mass is 10.1. The first kappa shape index (κ1) is 23.4. The Bertz CT molecular complexity index is 1800. The van der Waals surface area contributed by atoms with E-state index in [0.29, 0.717) is 23.3 Å². The zero-order valence-corrected chi connectivity index (χ0v) is 22.2. The van der Waals surface area contributed by atoms with Crippen LogP contribution < -0.4 is 5.56 Å². The molecule has 0 radical (unpaired) electrons. The Morgan fingerprint density at radius 1 is 0.730 bits per heavy atom. The second-order valence-electron chi connectivity index (χ2n) is 9.06. The normalized spacial score (nSPS) is 11.6. The number of hydrogen-bond donors (Lipinski definition) is 0. The average molecular weight is 593 g/mol. The highest BCUT2D eigenvalue weighted by Gasteiger charge is 2.12. The molecule has 0 bridgehead atoms. The van der Waals surface area contributed by atoms with Gasteiger partial charge >= 0.3 is 0 Å². The molecule has 0 atom stereocenters. The summed E-state index contributed by atoms with van der Waals surface area (Å²) in [6, 6.07) is 34.8. The molecule has 0 spiro atoms. The molecule has 6 rings (SSSR count). The minimum atomic E-state index is -0.0291. The standard InChI is InChI=1S/C32H24IN3O/c33-26-16-17-29-28(19-26)32(37)36(21-24-11-5-2-6-12-24)31(34-29)18-15-25-22-35(20-23-9-3-1-4-10-23)30-14-8-7-13-27(25)30/h1-19,22H,20-21H2/b18-15+. The van der Waals surface area contributed by atoms with E-state index in [9.17, 15) is 4.79 Å². The summed E-state index contributed by atoms with van der Waals surface area (Å²) in [6.45, 7) is 1.25. The van der Waals surface area contributed by atoms with Crippen molar-refractivity contribution in [1.29, 1.82) is 0 Å². The van der Waals surface area contributed by atoms with Gasteiger partial charge in [0.05, 0.1) is 17.4 Å². The number of aromatic nitrogens is 3. The Morgan fingerprint density at radius 2 is 1.41 bits per heavy atom. The van der Waals surface area contributed by atoms with Crippen LogP contribution in [0.2, 0.25) is 0 Å². The third-order valence-electron chi connectivity index (χ3n) is 6.56. The number of halogens is 1. The number of rotatable bonds is 6. The topological polar surface area (TPSA) is 39.8 Å². The molecule has 0 aliphatic carbocycles. The predicted molar refractivity (Wildman–Crippen MR) is 161 cm³/mol. The highest BCUT2D eigenvalue weighted by Crippen LogP contribution is 2.25. The van der Waals surface area contributed by atoms with Crippen LogP contribution in [0.4, 0.5) is 0 Å². The van der Waals surface area contributed by atoms with Crippen LogP contribution in [-0.2, 0) is 13.1 Å². The van der Waals surface area contributed by atoms with Gasteiger partial charge in [0, 0.05) is 32.8 Å². The molecule has 0 saturated carbocycles. The van der Waals surface area contributed by atoms with Crippen LogP contribution in [0.15, 0.2) is 114 Å². The predicted octanol–water partition coefficient (Wildman–Crippen LogP) is 7.22. The molecule has 2 aromatic heterocycles. The van der Waals surface area contributed by atoms with Crippen LogP contribution >= 0.6 is 22.6 Å². The fourth-order valence-electron chi connectivity index (χ4n) is 4.74. The van der Waals surface area contributed by atoms with Gasteiger partial charge < -0.3 is 4.57 Å². The van der Waals surface area contributed by atoms with E-state index in [1.165, 1.54) is 16.5 Å². The van der Waals surface area contributed by atoms with Gasteiger partial charge in [-0.2, -0.15) is 0 Å². The Morgan fingerprint density at radius 3 is 2.16 bits per heavy atom. The van der Waals surface area contributed by atoms with E-state index in [1.54, 1.807) is 4.57 Å². The van der Waals surface area contributed by atoms with Crippen LogP contribution in [0, 0.1) is 3.57 Å². The Balaban J connectivity index is 1.46. The first-order chi connectivity index (χ1) is 18.2. The van der Waals surface area contributed by atoms with E-state index in [1.807, 2.05) is 60.7 Å². The molecule has 0 fully saturated rings. The van der Waals surface area contributed by atoms with E-state index in [2.05, 4.69) is 88.0 Å². The number of fused-ring (bicyclic) bond motifs is 2. The summed E-state index contributed by atoms with van der Waals surface area (Å²) in [4.78, 5) is 18.5. The lowest BCUT2D eigenvalue weighted by Gasteiger charge is -2.12. The van der Waals surface area contributed by atoms with Crippen LogP contribution in [0.25, 0.3) is 34.0 Å². The van der Waals surface area contributed by atoms with Crippen molar-refractivity contribution >= 4 is 56.5 Å². The molecule has 6 aromatic rings. The summed E-state index contributed by atoms with van der Waals surface area (Å²) in [5.74, 6) is 0.641. The highest BCUT2D eigenvalue weighted by atomic mass is 127. The first-order valence-electron chi connectivity index (χ1n) is 12.2. The van der Waals surface area contributed by atoms with Crippen molar-refractivity contribution in [3.8, 4) is 0 Å². The smallest absolute Gasteiger partial charge is 0.261 e. The van der Waals surface area contributed by atoms with E-state index in [-0.39, 0.29) is 5.56 Å². The molecule has 0 aliphatic rings. The summed E-state index contributed by atoms with van der Waals surface area (Å²) in [6.07, 6.45) is 6.22. The van der Waals surface area contributed by atoms with Gasteiger partial charge in [-0.05, 0) is 70.1 Å². The molecule has 0 unspecified atom stereocenters. The van der Waals surface area contributed by atoms with Crippen molar-refractivity contribution in [3.05, 3.63) is 146 Å². The van der Waals surface area contributed by atoms with Crippen molar-refractivity contribution in [3.63, 3.8) is 0 Å². The van der Waals surface area contributed by atoms with Gasteiger partial charge in [-0.25, -0.2) is 4.98 Å². The molecule has 0 aliphatic heterocycles. The highest BCUT2D eigenvalue weighted by molar-refractivity contribution is 14.1. The van der Waals surface area contributed by atoms with Gasteiger partial charge in [-0.15, -0.1) is 0 Å². The van der Waals surface area contributed by atoms with Gasteiger partial charge in [0.25, 0.3) is 5.56 Å². The molecule has 0 amide bonds. The minimum Gasteiger partial charge on any atom is -0.342 e. The third kappa shape index (κ3) is 4.87. The quantitative estimate of drug-likeness (QED) is 0.191. The molecular weight excluding hydrogens is 569 g/mol. The third-order valence-corrected chi connectivity index (χ3v) is 7.23. The molecule has 180 valence electrons. The number of benzene rings is 4. The zero-order chi connectivity index (χ0) is 25.2. The molecular formula is C32H24IN3O. The zero-order valence-electron chi connectivity index (χ0n) is 20.1. The molecule has 4 nitrogen and oxygen atoms in total. The average Bonchev–Trinajstić information content (AvgIpc) is 3.28. The van der Waals surface area contributed by atoms with Crippen LogP contribution in [0.1, 0.15) is 22.5 Å². The van der Waals surface area contributed by atoms with Gasteiger partial charge in [0.15, 0.2) is 0 Å². The van der Waals surface area contributed by atoms with E-state index in [0.717, 1.165) is 21.2 Å². The second-order valence-corrected chi connectivity index (χ2v) is 10.3. The van der Waals surface area contributed by atoms with E-state index < -0.39 is 0 Å². The summed E-state index contributed by atoms with van der Waals surface area (Å²) < 4.78 is 5.06. The second kappa shape index (κ2) is 10.2. The van der Waals surface area contributed by atoms with Gasteiger partial charge in [-0.1, -0.05) is 78.9 Å². The monoisotopic (exact) mass is 593 g/mol. The van der Waals surface area contributed by atoms with E-state index in [4.69, 9.17) is 4.98 Å². The maximum Gasteiger partial charge on any atom is 0.261 e. The summed E-state index contributed by atoms with van der Waals surface area (Å²) in [5, 5.41) is 1.81. The minimum absolute atomic E-state index is 0.0291. The molecule has 0 N–H and O–H groups in total. The summed E-state index contributed by atoms with van der Waals surface area (Å²) >= 11 is 2.24. The lowest BCUT2D eigenvalue weighted by molar-refractivity contribution is 0.738. The Kier molecular flexibility index (Phi) is 6.45. The number of hydrogen-bond acceptors (Lipinski definition) is 2. The molecule has 5 heteroatoms. The molecule has 4 aromatic carbocycles. The summed E-state index contributed by atoms with van der Waals surface area (Å²) in [5.41, 5.74) is 5.26. The van der Waals surface area contributed by atoms with Gasteiger partial charge in [0.1, 0.15) is 5.82 Å².